The highest BCUT2D eigenvalue weighted by molar-refractivity contribution is 6.02. The van der Waals surface area contributed by atoms with Gasteiger partial charge in [0.2, 0.25) is 35.4 Å². The van der Waals surface area contributed by atoms with Crippen molar-refractivity contribution in [3.05, 3.63) is 83.1 Å². The summed E-state index contributed by atoms with van der Waals surface area (Å²) in [4.78, 5) is 121. The van der Waals surface area contributed by atoms with E-state index in [0.29, 0.717) is 16.7 Å². The molecule has 352 valence electrons. The number of carbonyl (C=O) groups excluding carboxylic acids is 8. The van der Waals surface area contributed by atoms with E-state index in [1.54, 1.807) is 45.9 Å². The van der Waals surface area contributed by atoms with Crippen LogP contribution in [0.4, 0.5) is 0 Å². The molecule has 3 rings (SSSR count). The number of cyclic esters (lactones) is 1. The van der Waals surface area contributed by atoms with E-state index in [9.17, 15) is 58.5 Å². The van der Waals surface area contributed by atoms with Crippen LogP contribution >= 0.6 is 0 Å². The molecule has 0 aromatic heterocycles. The Labute approximate surface area is 376 Å². The smallest absolute Gasteiger partial charge is 0.329 e. The molecule has 0 radical (unpaired) electrons. The van der Waals surface area contributed by atoms with Crippen LogP contribution in [0, 0.1) is 5.92 Å². The van der Waals surface area contributed by atoms with Crippen molar-refractivity contribution in [2.75, 3.05) is 0 Å². The Morgan fingerprint density at radius 1 is 0.769 bits per heavy atom. The zero-order valence-corrected chi connectivity index (χ0v) is 37.4. The van der Waals surface area contributed by atoms with Crippen LogP contribution in [0.15, 0.2) is 72.0 Å². The molecule has 1 unspecified atom stereocenters. The summed E-state index contributed by atoms with van der Waals surface area (Å²) in [6, 6.07) is 2.91. The SMILES string of the molecule is C/C=C1\NC(=O)[C@H](C)NC(=O)C(NC(=O)[C@@H](Cc2ccc(O)cc2)NC(=O)[C@@H](NC(=O)/C(C)=C/C)C(C)C)[C@@H](C)OC(=O)[C@H](CCc2ccc(O)cc2)NC(=O)[C@@H](CCC(=O)O)NC1=O. The van der Waals surface area contributed by atoms with Gasteiger partial charge in [-0.1, -0.05) is 50.3 Å². The van der Waals surface area contributed by atoms with Crippen LogP contribution in [0.1, 0.15) is 78.9 Å². The van der Waals surface area contributed by atoms with Crippen LogP contribution in [0.2, 0.25) is 0 Å². The Balaban J connectivity index is 2.09. The summed E-state index contributed by atoms with van der Waals surface area (Å²) in [7, 11) is 0. The number of hydrogen-bond donors (Lipinski definition) is 10. The minimum absolute atomic E-state index is 0.0229. The molecule has 1 heterocycles. The number of hydrogen-bond acceptors (Lipinski definition) is 12. The molecular formula is C45H59N7O13. The highest BCUT2D eigenvalue weighted by Crippen LogP contribution is 2.16. The molecule has 65 heavy (non-hydrogen) atoms. The van der Waals surface area contributed by atoms with Crippen LogP contribution < -0.4 is 37.2 Å². The molecule has 1 aliphatic rings. The minimum atomic E-state index is -1.78. The summed E-state index contributed by atoms with van der Waals surface area (Å²) in [6.07, 6.45) is 0.0121. The van der Waals surface area contributed by atoms with E-state index in [2.05, 4.69) is 37.2 Å². The van der Waals surface area contributed by atoms with Gasteiger partial charge in [0.25, 0.3) is 5.91 Å². The molecule has 0 aliphatic carbocycles. The van der Waals surface area contributed by atoms with Crippen LogP contribution in [-0.2, 0) is 60.7 Å². The van der Waals surface area contributed by atoms with Gasteiger partial charge in [0.15, 0.2) is 0 Å². The molecule has 1 aliphatic heterocycles. The number of ether oxygens (including phenoxy) is 1. The van der Waals surface area contributed by atoms with Crippen molar-refractivity contribution < 1.29 is 63.2 Å². The standard InChI is InChI=1S/C45H59N7O13/c1-8-24(5)38(57)51-36(23(3)4)43(62)50-34(22-28-12-17-30(54)18-13-28)42(61)52-37-26(7)65-45(64)33(19-14-27-10-15-29(53)16-11-27)49-41(60)32(20-21-35(55)56)48-40(59)31(9-2)47-39(58)25(6)46-44(37)63/h8-13,15-18,23,25-26,32-34,36-37,53-54H,14,19-22H2,1-7H3,(H,46,63)(H,47,58)(H,48,59)(H,49,60)(H,50,62)(H,51,57)(H,52,61)(H,55,56)/b24-8+,31-9-/t25-,26+,32+,33-,34+,36-,37?/m0/s1. The van der Waals surface area contributed by atoms with E-state index in [4.69, 9.17) is 4.74 Å². The molecule has 1 fully saturated rings. The van der Waals surface area contributed by atoms with Gasteiger partial charge in [-0.3, -0.25) is 38.4 Å². The Hall–Kier alpha value is -7.25. The summed E-state index contributed by atoms with van der Waals surface area (Å²) >= 11 is 0. The minimum Gasteiger partial charge on any atom is -0.508 e. The fraction of sp³-hybridized carbons (Fsp3) is 0.444. The van der Waals surface area contributed by atoms with E-state index in [1.807, 2.05) is 0 Å². The van der Waals surface area contributed by atoms with Gasteiger partial charge in [-0.2, -0.15) is 0 Å². The van der Waals surface area contributed by atoms with Gasteiger partial charge in [0, 0.05) is 18.4 Å². The van der Waals surface area contributed by atoms with Crippen molar-refractivity contribution in [2.24, 2.45) is 5.92 Å². The Morgan fingerprint density at radius 2 is 1.37 bits per heavy atom. The average Bonchev–Trinajstić information content (AvgIpc) is 3.25. The number of carboxylic acids is 1. The summed E-state index contributed by atoms with van der Waals surface area (Å²) in [5.41, 5.74) is 1.07. The Morgan fingerprint density at radius 3 is 1.92 bits per heavy atom. The maximum atomic E-state index is 14.4. The number of carboxylic acid groups (broad SMARTS) is 1. The highest BCUT2D eigenvalue weighted by Gasteiger charge is 2.38. The van der Waals surface area contributed by atoms with Crippen molar-refractivity contribution in [1.29, 1.82) is 0 Å². The number of benzene rings is 2. The van der Waals surface area contributed by atoms with Gasteiger partial charge < -0.3 is 57.3 Å². The summed E-state index contributed by atoms with van der Waals surface area (Å²) in [6.45, 7) is 10.5. The average molecular weight is 906 g/mol. The molecule has 20 heteroatoms. The summed E-state index contributed by atoms with van der Waals surface area (Å²) < 4.78 is 5.77. The van der Waals surface area contributed by atoms with Crippen molar-refractivity contribution in [2.45, 2.75) is 123 Å². The Bertz CT molecular complexity index is 2140. The van der Waals surface area contributed by atoms with Gasteiger partial charge in [0.1, 0.15) is 59.6 Å². The molecule has 1 saturated heterocycles. The first-order valence-electron chi connectivity index (χ1n) is 21.0. The third-order valence-corrected chi connectivity index (χ3v) is 10.5. The molecule has 2 aromatic rings. The lowest BCUT2D eigenvalue weighted by Crippen LogP contribution is -2.62. The number of nitrogens with one attached hydrogen (secondary N) is 7. The normalized spacial score (nSPS) is 21.7. The van der Waals surface area contributed by atoms with E-state index in [-0.39, 0.29) is 36.5 Å². The summed E-state index contributed by atoms with van der Waals surface area (Å²) in [5.74, 6) is -9.11. The van der Waals surface area contributed by atoms with Gasteiger partial charge in [0.05, 0.1) is 0 Å². The van der Waals surface area contributed by atoms with Crippen LogP contribution in [-0.4, -0.2) is 111 Å². The quantitative estimate of drug-likeness (QED) is 0.0869. The first-order valence-corrected chi connectivity index (χ1v) is 21.0. The van der Waals surface area contributed by atoms with Crippen molar-refractivity contribution >= 4 is 53.3 Å². The van der Waals surface area contributed by atoms with Gasteiger partial charge >= 0.3 is 11.9 Å². The number of allylic oxidation sites excluding steroid dienone is 2. The number of amides is 7. The predicted molar refractivity (Wildman–Crippen MR) is 234 cm³/mol. The second-order valence-corrected chi connectivity index (χ2v) is 15.9. The molecule has 20 nitrogen and oxygen atoms in total. The molecular weight excluding hydrogens is 847 g/mol. The van der Waals surface area contributed by atoms with E-state index < -0.39 is 114 Å². The van der Waals surface area contributed by atoms with E-state index >= 15 is 0 Å². The van der Waals surface area contributed by atoms with Crippen LogP contribution in [0.25, 0.3) is 0 Å². The zero-order valence-electron chi connectivity index (χ0n) is 37.4. The topological polar surface area (TPSA) is 308 Å². The third kappa shape index (κ3) is 16.1. The van der Waals surface area contributed by atoms with Gasteiger partial charge in [-0.05, 0) is 95.2 Å². The lowest BCUT2D eigenvalue weighted by Gasteiger charge is -2.30. The third-order valence-electron chi connectivity index (χ3n) is 10.5. The van der Waals surface area contributed by atoms with Crippen molar-refractivity contribution in [3.8, 4) is 11.5 Å². The van der Waals surface area contributed by atoms with Crippen molar-refractivity contribution in [3.63, 3.8) is 0 Å². The number of esters is 1. The second kappa shape index (κ2) is 24.6. The van der Waals surface area contributed by atoms with Crippen LogP contribution in [0.5, 0.6) is 11.5 Å². The van der Waals surface area contributed by atoms with Crippen LogP contribution in [0.3, 0.4) is 0 Å². The van der Waals surface area contributed by atoms with E-state index in [0.717, 1.165) is 0 Å². The fourth-order valence-corrected chi connectivity index (χ4v) is 6.38. The number of aryl methyl sites for hydroxylation is 1. The Kier molecular flexibility index (Phi) is 19.7. The number of phenols is 2. The van der Waals surface area contributed by atoms with Gasteiger partial charge in [-0.15, -0.1) is 0 Å². The van der Waals surface area contributed by atoms with Crippen molar-refractivity contribution in [1.82, 2.24) is 37.2 Å². The summed E-state index contributed by atoms with van der Waals surface area (Å²) in [5, 5.41) is 46.7. The number of carbonyl (C=O) groups is 9. The monoisotopic (exact) mass is 905 g/mol. The largest absolute Gasteiger partial charge is 0.508 e. The molecule has 0 spiro atoms. The van der Waals surface area contributed by atoms with Gasteiger partial charge in [-0.25, -0.2) is 4.79 Å². The maximum Gasteiger partial charge on any atom is 0.329 e. The lowest BCUT2D eigenvalue weighted by molar-refractivity contribution is -0.156. The number of rotatable bonds is 15. The first kappa shape index (κ1) is 52.1. The number of aliphatic carboxylic acids is 1. The highest BCUT2D eigenvalue weighted by atomic mass is 16.5. The molecule has 0 bridgehead atoms. The molecule has 10 N–H and O–H groups in total. The maximum absolute atomic E-state index is 14.4. The molecule has 2 aromatic carbocycles. The molecule has 0 saturated carbocycles. The van der Waals surface area contributed by atoms with E-state index in [1.165, 1.54) is 63.2 Å². The molecule has 7 atom stereocenters. The second-order valence-electron chi connectivity index (χ2n) is 15.9. The number of aromatic hydroxyl groups is 2. The molecule has 7 amide bonds. The first-order chi connectivity index (χ1) is 30.6. The zero-order chi connectivity index (χ0) is 48.5. The predicted octanol–water partition coefficient (Wildman–Crippen LogP) is 0.654. The number of phenolic OH excluding ortho intramolecular Hbond substituents is 2. The lowest BCUT2D eigenvalue weighted by atomic mass is 10.00. The fourth-order valence-electron chi connectivity index (χ4n) is 6.38.